The van der Waals surface area contributed by atoms with Crippen molar-refractivity contribution in [3.8, 4) is 0 Å². The van der Waals surface area contributed by atoms with Gasteiger partial charge in [0, 0.05) is 27.2 Å². The molecule has 0 aromatic heterocycles. The molecule has 0 radical (unpaired) electrons. The van der Waals surface area contributed by atoms with Gasteiger partial charge in [-0.2, -0.15) is 0 Å². The van der Waals surface area contributed by atoms with Crippen molar-refractivity contribution in [2.24, 2.45) is 5.92 Å². The Kier molecular flexibility index (Phi) is 3.90. The van der Waals surface area contributed by atoms with E-state index in [1.165, 1.54) is 0 Å². The Hall–Kier alpha value is -1.30. The number of carboxylic acids is 1. The minimum atomic E-state index is -0.761. The summed E-state index contributed by atoms with van der Waals surface area (Å²) in [6, 6.07) is -0.163. The summed E-state index contributed by atoms with van der Waals surface area (Å²) in [6.07, 6.45) is 1.08. The van der Waals surface area contributed by atoms with Crippen molar-refractivity contribution in [2.75, 3.05) is 27.2 Å². The molecule has 1 rings (SSSR count). The average molecular weight is 215 g/mol. The largest absolute Gasteiger partial charge is 0.481 e. The number of nitrogens with zero attached hydrogens (tertiary/aromatic N) is 2. The Morgan fingerprint density at radius 3 is 2.27 bits per heavy atom. The van der Waals surface area contributed by atoms with Gasteiger partial charge in [0.05, 0.1) is 5.92 Å². The van der Waals surface area contributed by atoms with Crippen LogP contribution in [0.25, 0.3) is 0 Å². The van der Waals surface area contributed by atoms with Crippen LogP contribution >= 0.6 is 0 Å². The van der Waals surface area contributed by atoms with Gasteiger partial charge in [0.1, 0.15) is 0 Å². The number of piperidine rings is 1. The van der Waals surface area contributed by atoms with Crippen LogP contribution < -0.4 is 5.43 Å². The number of amides is 2. The van der Waals surface area contributed by atoms with Crippen LogP contribution in [-0.4, -0.2) is 54.2 Å². The number of hydrogen-bond donors (Lipinski definition) is 2. The van der Waals surface area contributed by atoms with Crippen LogP contribution in [0.4, 0.5) is 4.79 Å². The Morgan fingerprint density at radius 1 is 1.33 bits per heavy atom. The van der Waals surface area contributed by atoms with Gasteiger partial charge in [-0.3, -0.25) is 10.2 Å². The molecule has 1 fully saturated rings. The van der Waals surface area contributed by atoms with Crippen molar-refractivity contribution < 1.29 is 14.7 Å². The Morgan fingerprint density at radius 2 is 1.87 bits per heavy atom. The number of carbonyl (C=O) groups excluding carboxylic acids is 1. The second kappa shape index (κ2) is 4.97. The van der Waals surface area contributed by atoms with Crippen LogP contribution in [0.5, 0.6) is 0 Å². The van der Waals surface area contributed by atoms with Crippen LogP contribution in [0.1, 0.15) is 12.8 Å². The lowest BCUT2D eigenvalue weighted by molar-refractivity contribution is -0.143. The summed E-state index contributed by atoms with van der Waals surface area (Å²) < 4.78 is 0. The van der Waals surface area contributed by atoms with Crippen molar-refractivity contribution in [1.82, 2.24) is 15.3 Å². The molecule has 0 atom stereocenters. The zero-order chi connectivity index (χ0) is 11.4. The lowest BCUT2D eigenvalue weighted by Crippen LogP contribution is -2.49. The van der Waals surface area contributed by atoms with E-state index in [4.69, 9.17) is 5.11 Å². The summed E-state index contributed by atoms with van der Waals surface area (Å²) in [5, 5.41) is 10.4. The van der Waals surface area contributed by atoms with Gasteiger partial charge in [0.25, 0.3) is 0 Å². The molecule has 2 N–H and O–H groups in total. The molecule has 0 unspecified atom stereocenters. The van der Waals surface area contributed by atoms with Gasteiger partial charge in [0.2, 0.25) is 0 Å². The van der Waals surface area contributed by atoms with E-state index in [9.17, 15) is 9.59 Å². The van der Waals surface area contributed by atoms with E-state index < -0.39 is 5.97 Å². The summed E-state index contributed by atoms with van der Waals surface area (Å²) in [5.41, 5.74) is 2.63. The van der Waals surface area contributed by atoms with Gasteiger partial charge in [0.15, 0.2) is 0 Å². The van der Waals surface area contributed by atoms with Gasteiger partial charge in [-0.1, -0.05) is 0 Å². The van der Waals surface area contributed by atoms with E-state index in [1.54, 1.807) is 24.0 Å². The van der Waals surface area contributed by atoms with Crippen molar-refractivity contribution in [3.05, 3.63) is 0 Å². The summed E-state index contributed by atoms with van der Waals surface area (Å²) in [5.74, 6) is -1.06. The van der Waals surface area contributed by atoms with E-state index in [0.29, 0.717) is 25.9 Å². The van der Waals surface area contributed by atoms with Gasteiger partial charge in [-0.25, -0.2) is 9.80 Å². The predicted molar refractivity (Wildman–Crippen MR) is 54.2 cm³/mol. The molecule has 0 aromatic carbocycles. The van der Waals surface area contributed by atoms with Crippen molar-refractivity contribution in [1.29, 1.82) is 0 Å². The van der Waals surface area contributed by atoms with Crippen molar-refractivity contribution in [2.45, 2.75) is 12.8 Å². The third-order valence-corrected chi connectivity index (χ3v) is 2.45. The number of likely N-dealkylation sites (tertiary alicyclic amines) is 1. The van der Waals surface area contributed by atoms with E-state index >= 15 is 0 Å². The first-order valence-electron chi connectivity index (χ1n) is 4.96. The summed E-state index contributed by atoms with van der Waals surface area (Å²) in [4.78, 5) is 23.8. The molecule has 0 aromatic rings. The van der Waals surface area contributed by atoms with Gasteiger partial charge in [-0.05, 0) is 12.8 Å². The number of urea groups is 1. The molecule has 1 aliphatic heterocycles. The monoisotopic (exact) mass is 215 g/mol. The first-order valence-corrected chi connectivity index (χ1v) is 4.96. The van der Waals surface area contributed by atoms with E-state index in [0.717, 1.165) is 0 Å². The highest BCUT2D eigenvalue weighted by molar-refractivity contribution is 5.74. The standard InChI is InChI=1S/C9H17N3O3/c1-11(2)10-9(15)12-5-3-7(4-6-12)8(13)14/h7H,3-6H2,1-2H3,(H,10,15)(H,13,14). The molecular weight excluding hydrogens is 198 g/mol. The lowest BCUT2D eigenvalue weighted by atomic mass is 9.97. The molecule has 0 bridgehead atoms. The molecule has 0 saturated carbocycles. The summed E-state index contributed by atoms with van der Waals surface area (Å²) in [6.45, 7) is 1.02. The maximum absolute atomic E-state index is 11.5. The van der Waals surface area contributed by atoms with Crippen molar-refractivity contribution >= 4 is 12.0 Å². The number of carbonyl (C=O) groups is 2. The highest BCUT2D eigenvalue weighted by atomic mass is 16.4. The minimum Gasteiger partial charge on any atom is -0.481 e. The Balaban J connectivity index is 2.37. The Bertz CT molecular complexity index is 247. The van der Waals surface area contributed by atoms with Crippen LogP contribution in [0, 0.1) is 5.92 Å². The molecule has 0 aliphatic carbocycles. The minimum absolute atomic E-state index is 0.163. The molecule has 86 valence electrons. The topological polar surface area (TPSA) is 72.9 Å². The fraction of sp³-hybridized carbons (Fsp3) is 0.778. The number of rotatable bonds is 2. The number of hydrogen-bond acceptors (Lipinski definition) is 3. The fourth-order valence-electron chi connectivity index (χ4n) is 1.59. The molecule has 15 heavy (non-hydrogen) atoms. The first-order chi connectivity index (χ1) is 7.00. The van der Waals surface area contributed by atoms with E-state index in [1.807, 2.05) is 0 Å². The van der Waals surface area contributed by atoms with Crippen LogP contribution in [0.2, 0.25) is 0 Å². The van der Waals surface area contributed by atoms with Crippen LogP contribution in [0.15, 0.2) is 0 Å². The molecule has 1 saturated heterocycles. The smallest absolute Gasteiger partial charge is 0.331 e. The van der Waals surface area contributed by atoms with Crippen LogP contribution in [0.3, 0.4) is 0 Å². The van der Waals surface area contributed by atoms with Crippen molar-refractivity contribution in [3.63, 3.8) is 0 Å². The second-order valence-corrected chi connectivity index (χ2v) is 3.91. The Labute approximate surface area is 88.8 Å². The molecule has 1 heterocycles. The summed E-state index contributed by atoms with van der Waals surface area (Å²) >= 11 is 0. The first kappa shape index (κ1) is 11.8. The fourth-order valence-corrected chi connectivity index (χ4v) is 1.59. The molecular formula is C9H17N3O3. The molecule has 0 spiro atoms. The number of carboxylic acid groups (broad SMARTS) is 1. The number of nitrogens with one attached hydrogen (secondary N) is 1. The van der Waals surface area contributed by atoms with Crippen LogP contribution in [-0.2, 0) is 4.79 Å². The predicted octanol–water partition coefficient (Wildman–Crippen LogP) is -0.0308. The zero-order valence-electron chi connectivity index (χ0n) is 9.06. The number of hydrazine groups is 1. The normalized spacial score (nSPS) is 17.9. The van der Waals surface area contributed by atoms with Gasteiger partial charge >= 0.3 is 12.0 Å². The van der Waals surface area contributed by atoms with E-state index in [2.05, 4.69) is 5.43 Å². The molecule has 2 amide bonds. The van der Waals surface area contributed by atoms with E-state index in [-0.39, 0.29) is 11.9 Å². The SMILES string of the molecule is CN(C)NC(=O)N1CCC(C(=O)O)CC1. The third kappa shape index (κ3) is 3.39. The molecule has 1 aliphatic rings. The van der Waals surface area contributed by atoms with Gasteiger partial charge < -0.3 is 10.0 Å². The number of aliphatic carboxylic acids is 1. The maximum atomic E-state index is 11.5. The highest BCUT2D eigenvalue weighted by Crippen LogP contribution is 2.16. The second-order valence-electron chi connectivity index (χ2n) is 3.91. The molecule has 6 heteroatoms. The quantitative estimate of drug-likeness (QED) is 0.634. The average Bonchev–Trinajstić information content (AvgIpc) is 2.17. The van der Waals surface area contributed by atoms with Gasteiger partial charge in [-0.15, -0.1) is 0 Å². The third-order valence-electron chi connectivity index (χ3n) is 2.45. The summed E-state index contributed by atoms with van der Waals surface area (Å²) in [7, 11) is 3.48. The maximum Gasteiger partial charge on any atom is 0.331 e. The zero-order valence-corrected chi connectivity index (χ0v) is 9.06. The molecule has 6 nitrogen and oxygen atoms in total. The lowest BCUT2D eigenvalue weighted by Gasteiger charge is -2.31. The highest BCUT2D eigenvalue weighted by Gasteiger charge is 2.26.